The Bertz CT molecular complexity index is 858. The van der Waals surface area contributed by atoms with Gasteiger partial charge in [-0.2, -0.15) is 0 Å². The number of rotatable bonds is 33. The number of unbranched alkanes of at least 4 members (excludes halogenated alkanes) is 26. The maximum Gasteiger partial charge on any atom is 0.171 e. The number of aromatic nitrogens is 2. The maximum absolute atomic E-state index is 2.43. The fourth-order valence-electron chi connectivity index (χ4n) is 6.99. The van der Waals surface area contributed by atoms with Crippen molar-refractivity contribution >= 4 is 0 Å². The van der Waals surface area contributed by atoms with E-state index in [1.165, 1.54) is 191 Å². The average molecular weight is 706 g/mol. The summed E-state index contributed by atoms with van der Waals surface area (Å²) in [5.74, 6) is 0. The molecule has 0 saturated heterocycles. The zero-order valence-corrected chi connectivity index (χ0v) is 33.4. The Kier molecular flexibility index (Phi) is 34.9. The zero-order valence-electron chi connectivity index (χ0n) is 31.9. The smallest absolute Gasteiger partial charge is 0.171 e. The first-order valence-corrected chi connectivity index (χ1v) is 20.8. The molecule has 0 amide bonds. The van der Waals surface area contributed by atoms with Gasteiger partial charge < -0.3 is 24.8 Å². The fourth-order valence-corrected chi connectivity index (χ4v) is 6.99. The largest absolute Gasteiger partial charge is 1.00 e. The number of hydrogen-bond acceptors (Lipinski definition) is 0. The van der Waals surface area contributed by atoms with Crippen LogP contribution in [0.25, 0.3) is 0 Å². The minimum Gasteiger partial charge on any atom is -1.00 e. The highest BCUT2D eigenvalue weighted by Gasteiger charge is 2.07. The second kappa shape index (κ2) is 35.7. The highest BCUT2D eigenvalue weighted by atomic mass is 35.5. The third kappa shape index (κ3) is 27.7. The molecule has 2 aromatic rings. The van der Waals surface area contributed by atoms with Crippen LogP contribution in [-0.2, 0) is 25.9 Å². The monoisotopic (exact) mass is 705 g/mol. The number of nitrogens with zero attached hydrogens (tertiary/aromatic N) is 2. The molecule has 0 saturated carbocycles. The van der Waals surface area contributed by atoms with Crippen LogP contribution in [0.3, 0.4) is 0 Å². The Hall–Kier alpha value is -1.12. The van der Waals surface area contributed by atoms with Gasteiger partial charge in [0.1, 0.15) is 13.1 Å². The summed E-state index contributed by atoms with van der Waals surface area (Å²) < 4.78 is 4.85. The quantitative estimate of drug-likeness (QED) is 0.0558. The summed E-state index contributed by atoms with van der Waals surface area (Å²) in [6, 6.07) is 9.13. The van der Waals surface area contributed by atoms with Gasteiger partial charge in [0.15, 0.2) is 24.8 Å². The Labute approximate surface area is 312 Å². The molecule has 2 nitrogen and oxygen atoms in total. The van der Waals surface area contributed by atoms with E-state index < -0.39 is 0 Å². The number of halogens is 2. The van der Waals surface area contributed by atoms with Gasteiger partial charge in [0.25, 0.3) is 0 Å². The van der Waals surface area contributed by atoms with Crippen molar-refractivity contribution in [1.82, 2.24) is 0 Å². The van der Waals surface area contributed by atoms with E-state index in [0.717, 1.165) is 25.9 Å². The van der Waals surface area contributed by atoms with E-state index in [4.69, 9.17) is 0 Å². The van der Waals surface area contributed by atoms with Crippen molar-refractivity contribution in [3.63, 3.8) is 0 Å². The van der Waals surface area contributed by atoms with Gasteiger partial charge in [-0.05, 0) is 37.8 Å². The van der Waals surface area contributed by atoms with E-state index in [1.54, 1.807) is 0 Å². The van der Waals surface area contributed by atoms with Gasteiger partial charge in [0, 0.05) is 36.1 Å². The molecule has 0 bridgehead atoms. The first-order chi connectivity index (χ1) is 22.8. The van der Waals surface area contributed by atoms with E-state index in [1.807, 2.05) is 0 Å². The third-order valence-electron chi connectivity index (χ3n) is 10.1. The summed E-state index contributed by atoms with van der Waals surface area (Å²) in [6.45, 7) is 6.93. The molecule has 48 heavy (non-hydrogen) atoms. The van der Waals surface area contributed by atoms with E-state index in [0.29, 0.717) is 0 Å². The average Bonchev–Trinajstić information content (AvgIpc) is 3.08. The van der Waals surface area contributed by atoms with Crippen LogP contribution < -0.4 is 33.9 Å². The number of aryl methyl sites for hydroxylation is 4. The van der Waals surface area contributed by atoms with Crippen LogP contribution in [0.1, 0.15) is 205 Å². The molecule has 2 heterocycles. The van der Waals surface area contributed by atoms with Crippen molar-refractivity contribution < 1.29 is 33.9 Å². The molecule has 0 aliphatic rings. The minimum atomic E-state index is 0. The van der Waals surface area contributed by atoms with Crippen LogP contribution in [-0.4, -0.2) is 0 Å². The standard InChI is InChI=1S/C44H78N2.2ClH/c1-3-5-7-9-11-13-15-17-19-21-23-25-27-29-37-45-39-31-33-43(41-45)35-36-44-34-32-40-46(42-44)38-30-28-26-24-22-20-18-16-14-12-10-8-6-4-2;;/h31-34,39-42H,3-30,35-38H2,1-2H3;2*1H/q+2;;/p-2. The third-order valence-corrected chi connectivity index (χ3v) is 10.1. The maximum atomic E-state index is 2.43. The fraction of sp³-hybridized carbons (Fsp3) is 0.773. The summed E-state index contributed by atoms with van der Waals surface area (Å²) in [6.07, 6.45) is 51.5. The van der Waals surface area contributed by atoms with Crippen LogP contribution in [0.5, 0.6) is 0 Å². The molecule has 278 valence electrons. The molecule has 2 aromatic heterocycles. The van der Waals surface area contributed by atoms with Crippen molar-refractivity contribution in [3.05, 3.63) is 60.2 Å². The molecular formula is C44H78Cl2N2. The topological polar surface area (TPSA) is 7.76 Å². The predicted octanol–water partition coefficient (Wildman–Crippen LogP) is 7.02. The Morgan fingerprint density at radius 2 is 0.604 bits per heavy atom. The Morgan fingerprint density at radius 1 is 0.354 bits per heavy atom. The Morgan fingerprint density at radius 3 is 0.875 bits per heavy atom. The lowest BCUT2D eigenvalue weighted by Gasteiger charge is -2.04. The van der Waals surface area contributed by atoms with Crippen LogP contribution in [0.2, 0.25) is 0 Å². The number of pyridine rings is 2. The van der Waals surface area contributed by atoms with Gasteiger partial charge >= 0.3 is 0 Å². The van der Waals surface area contributed by atoms with Gasteiger partial charge in [-0.3, -0.25) is 0 Å². The van der Waals surface area contributed by atoms with Gasteiger partial charge in [-0.25, -0.2) is 9.13 Å². The summed E-state index contributed by atoms with van der Waals surface area (Å²) in [7, 11) is 0. The van der Waals surface area contributed by atoms with Crippen molar-refractivity contribution in [2.24, 2.45) is 0 Å². The summed E-state index contributed by atoms with van der Waals surface area (Å²) in [5.41, 5.74) is 2.94. The minimum absolute atomic E-state index is 0. The van der Waals surface area contributed by atoms with E-state index in [-0.39, 0.29) is 24.8 Å². The van der Waals surface area contributed by atoms with Crippen molar-refractivity contribution in [1.29, 1.82) is 0 Å². The first-order valence-electron chi connectivity index (χ1n) is 20.8. The molecule has 0 aromatic carbocycles. The molecule has 2 rings (SSSR count). The second-order valence-corrected chi connectivity index (χ2v) is 14.6. The van der Waals surface area contributed by atoms with E-state index in [9.17, 15) is 0 Å². The lowest BCUT2D eigenvalue weighted by atomic mass is 10.0. The van der Waals surface area contributed by atoms with Crippen LogP contribution in [0, 0.1) is 0 Å². The van der Waals surface area contributed by atoms with Gasteiger partial charge in [-0.1, -0.05) is 168 Å². The molecule has 4 heteroatoms. The van der Waals surface area contributed by atoms with Gasteiger partial charge in [0.05, 0.1) is 0 Å². The SMILES string of the molecule is CCCCCCCCCCCCCCCC[n+]1cccc(CCc2ccc[n+](CCCCCCCCCCCCCCCC)c2)c1.[Cl-].[Cl-]. The van der Waals surface area contributed by atoms with Crippen LogP contribution >= 0.6 is 0 Å². The molecule has 0 aliphatic carbocycles. The highest BCUT2D eigenvalue weighted by molar-refractivity contribution is 5.11. The first kappa shape index (κ1) is 46.9. The molecule has 0 fully saturated rings. The lowest BCUT2D eigenvalue weighted by Crippen LogP contribution is -3.00. The molecule has 0 spiro atoms. The normalized spacial score (nSPS) is 11.0. The summed E-state index contributed by atoms with van der Waals surface area (Å²) in [5, 5.41) is 0. The molecule has 0 unspecified atom stereocenters. The van der Waals surface area contributed by atoms with Crippen molar-refractivity contribution in [2.45, 2.75) is 220 Å². The lowest BCUT2D eigenvalue weighted by molar-refractivity contribution is -0.698. The summed E-state index contributed by atoms with van der Waals surface area (Å²) >= 11 is 0. The molecule has 0 atom stereocenters. The van der Waals surface area contributed by atoms with E-state index >= 15 is 0 Å². The molecule has 0 aliphatic heterocycles. The highest BCUT2D eigenvalue weighted by Crippen LogP contribution is 2.14. The Balaban J connectivity index is 0.0000110. The number of hydrogen-bond donors (Lipinski definition) is 0. The summed E-state index contributed by atoms with van der Waals surface area (Å²) in [4.78, 5) is 0. The zero-order chi connectivity index (χ0) is 32.6. The molecular weight excluding hydrogens is 627 g/mol. The van der Waals surface area contributed by atoms with Gasteiger partial charge in [0.2, 0.25) is 0 Å². The molecule has 0 N–H and O–H groups in total. The van der Waals surface area contributed by atoms with Gasteiger partial charge in [-0.15, -0.1) is 0 Å². The van der Waals surface area contributed by atoms with Crippen molar-refractivity contribution in [3.8, 4) is 0 Å². The van der Waals surface area contributed by atoms with Crippen molar-refractivity contribution in [2.75, 3.05) is 0 Å². The van der Waals surface area contributed by atoms with E-state index in [2.05, 4.69) is 72.0 Å². The second-order valence-electron chi connectivity index (χ2n) is 14.6. The predicted molar refractivity (Wildman–Crippen MR) is 201 cm³/mol. The van der Waals surface area contributed by atoms with Crippen LogP contribution in [0.15, 0.2) is 49.1 Å². The van der Waals surface area contributed by atoms with Crippen LogP contribution in [0.4, 0.5) is 0 Å². The molecule has 0 radical (unpaired) electrons.